The first-order valence-electron chi connectivity index (χ1n) is 4.60. The molecule has 16 heavy (non-hydrogen) atoms. The molecule has 0 unspecified atom stereocenters. The van der Waals surface area contributed by atoms with Crippen LogP contribution in [0.3, 0.4) is 0 Å². The Hall–Kier alpha value is -1.39. The molecule has 0 aliphatic heterocycles. The summed E-state index contributed by atoms with van der Waals surface area (Å²) >= 11 is 0. The third kappa shape index (κ3) is 3.64. The molecule has 0 fully saturated rings. The second kappa shape index (κ2) is 5.09. The van der Waals surface area contributed by atoms with E-state index < -0.39 is 12.5 Å². The Kier molecular flexibility index (Phi) is 4.04. The summed E-state index contributed by atoms with van der Waals surface area (Å²) in [6, 6.07) is 5.32. The molecule has 1 rings (SSSR count). The maximum absolute atomic E-state index is 11.6. The Morgan fingerprint density at radius 2 is 1.94 bits per heavy atom. The van der Waals surface area contributed by atoms with Crippen LogP contribution in [-0.4, -0.2) is 18.2 Å². The van der Waals surface area contributed by atoms with E-state index in [4.69, 9.17) is 9.05 Å². The van der Waals surface area contributed by atoms with Crippen molar-refractivity contribution in [1.82, 2.24) is 0 Å². The van der Waals surface area contributed by atoms with Gasteiger partial charge in [0.2, 0.25) is 0 Å². The average molecular weight is 245 g/mol. The Morgan fingerprint density at radius 3 is 2.38 bits per heavy atom. The first-order chi connectivity index (χ1) is 7.44. The molecule has 0 aliphatic rings. The minimum Gasteiger partial charge on any atom is -0.425 e. The van der Waals surface area contributed by atoms with Crippen molar-refractivity contribution in [1.29, 1.82) is 0 Å². The number of nitro benzene ring substituents is 1. The Morgan fingerprint density at radius 1 is 1.38 bits per heavy atom. The van der Waals surface area contributed by atoms with Gasteiger partial charge in [0.1, 0.15) is 5.75 Å². The van der Waals surface area contributed by atoms with Crippen LogP contribution in [-0.2, 0) is 9.09 Å². The van der Waals surface area contributed by atoms with Crippen molar-refractivity contribution in [3.63, 3.8) is 0 Å². The summed E-state index contributed by atoms with van der Waals surface area (Å²) < 4.78 is 21.6. The monoisotopic (exact) mass is 245 g/mol. The molecule has 0 spiro atoms. The van der Waals surface area contributed by atoms with Gasteiger partial charge >= 0.3 is 7.60 Å². The summed E-state index contributed by atoms with van der Waals surface area (Å²) in [6.45, 7) is 3.33. The predicted octanol–water partition coefficient (Wildman–Crippen LogP) is 2.83. The van der Waals surface area contributed by atoms with Crippen molar-refractivity contribution in [2.24, 2.45) is 0 Å². The lowest BCUT2D eigenvalue weighted by atomic mass is 10.3. The van der Waals surface area contributed by atoms with Crippen molar-refractivity contribution in [3.8, 4) is 5.75 Å². The third-order valence-electron chi connectivity index (χ3n) is 1.68. The van der Waals surface area contributed by atoms with E-state index in [0.29, 0.717) is 0 Å². The van der Waals surface area contributed by atoms with Crippen molar-refractivity contribution in [2.75, 3.05) is 13.3 Å². The third-order valence-corrected chi connectivity index (χ3v) is 2.95. The maximum atomic E-state index is 11.6. The molecule has 1 atom stereocenters. The molecule has 0 radical (unpaired) electrons. The summed E-state index contributed by atoms with van der Waals surface area (Å²) in [5.74, 6) is 0.282. The fourth-order valence-electron chi connectivity index (χ4n) is 1.08. The van der Waals surface area contributed by atoms with Gasteiger partial charge in [0.25, 0.3) is 5.69 Å². The standard InChI is InChI=1S/C9H12NO5P/c1-3-14-16(2,13)15-9-6-4-8(5-7-9)10(11)12/h4-7H,3H2,1-2H3/t16-/m0/s1. The van der Waals surface area contributed by atoms with Crippen LogP contribution in [0.15, 0.2) is 24.3 Å². The maximum Gasteiger partial charge on any atom is 0.376 e. The molecule has 0 saturated heterocycles. The van der Waals surface area contributed by atoms with Crippen molar-refractivity contribution in [2.45, 2.75) is 6.92 Å². The highest BCUT2D eigenvalue weighted by molar-refractivity contribution is 7.53. The lowest BCUT2D eigenvalue weighted by Gasteiger charge is -2.13. The van der Waals surface area contributed by atoms with E-state index in [1.807, 2.05) is 0 Å². The van der Waals surface area contributed by atoms with Crippen LogP contribution >= 0.6 is 7.60 Å². The van der Waals surface area contributed by atoms with Gasteiger partial charge in [0.15, 0.2) is 0 Å². The minimum absolute atomic E-state index is 0.0466. The van der Waals surface area contributed by atoms with E-state index in [2.05, 4.69) is 0 Å². The number of hydrogen-bond donors (Lipinski definition) is 0. The van der Waals surface area contributed by atoms with Crippen LogP contribution in [0.5, 0.6) is 5.75 Å². The van der Waals surface area contributed by atoms with Gasteiger partial charge in [-0.2, -0.15) is 0 Å². The van der Waals surface area contributed by atoms with Crippen LogP contribution < -0.4 is 4.52 Å². The molecule has 6 nitrogen and oxygen atoms in total. The topological polar surface area (TPSA) is 78.7 Å². The lowest BCUT2D eigenvalue weighted by Crippen LogP contribution is -1.96. The highest BCUT2D eigenvalue weighted by Gasteiger charge is 2.17. The molecule has 0 N–H and O–H groups in total. The van der Waals surface area contributed by atoms with Crippen molar-refractivity contribution >= 4 is 13.3 Å². The summed E-state index contributed by atoms with van der Waals surface area (Å²) in [5, 5.41) is 10.4. The Balaban J connectivity index is 2.76. The predicted molar refractivity (Wildman–Crippen MR) is 58.9 cm³/mol. The molecule has 0 saturated carbocycles. The van der Waals surface area contributed by atoms with Crippen LogP contribution in [0.25, 0.3) is 0 Å². The molecule has 0 amide bonds. The number of nitro groups is 1. The van der Waals surface area contributed by atoms with E-state index in [-0.39, 0.29) is 18.0 Å². The minimum atomic E-state index is -3.12. The van der Waals surface area contributed by atoms with Crippen LogP contribution in [0.1, 0.15) is 6.92 Å². The zero-order valence-electron chi connectivity index (χ0n) is 8.95. The molecular formula is C9H12NO5P. The summed E-state index contributed by atoms with van der Waals surface area (Å²) in [4.78, 5) is 9.87. The molecule has 0 heterocycles. The molecule has 7 heteroatoms. The molecule has 1 aromatic rings. The highest BCUT2D eigenvalue weighted by atomic mass is 31.2. The summed E-state index contributed by atoms with van der Waals surface area (Å²) in [6.07, 6.45) is 0. The first kappa shape index (κ1) is 12.7. The van der Waals surface area contributed by atoms with Crippen molar-refractivity contribution in [3.05, 3.63) is 34.4 Å². The Bertz CT molecular complexity index is 416. The van der Waals surface area contributed by atoms with Gasteiger partial charge in [-0.1, -0.05) is 0 Å². The van der Waals surface area contributed by atoms with Crippen LogP contribution in [0.4, 0.5) is 5.69 Å². The smallest absolute Gasteiger partial charge is 0.376 e. The highest BCUT2D eigenvalue weighted by Crippen LogP contribution is 2.44. The van der Waals surface area contributed by atoms with Crippen LogP contribution in [0.2, 0.25) is 0 Å². The molecule has 0 bridgehead atoms. The second-order valence-electron chi connectivity index (χ2n) is 3.03. The summed E-state index contributed by atoms with van der Waals surface area (Å²) in [5.41, 5.74) is -0.0466. The fraction of sp³-hybridized carbons (Fsp3) is 0.333. The number of hydrogen-bond acceptors (Lipinski definition) is 5. The van der Waals surface area contributed by atoms with E-state index in [1.54, 1.807) is 6.92 Å². The van der Waals surface area contributed by atoms with Gasteiger partial charge in [-0.3, -0.25) is 10.1 Å². The van der Waals surface area contributed by atoms with Gasteiger partial charge in [-0.15, -0.1) is 0 Å². The number of rotatable bonds is 5. The number of non-ortho nitro benzene ring substituents is 1. The normalized spacial score (nSPS) is 14.1. The first-order valence-corrected chi connectivity index (χ1v) is 6.59. The fourth-order valence-corrected chi connectivity index (χ4v) is 2.11. The average Bonchev–Trinajstić information content (AvgIpc) is 2.17. The zero-order chi connectivity index (χ0) is 12.2. The zero-order valence-corrected chi connectivity index (χ0v) is 9.85. The molecular weight excluding hydrogens is 233 g/mol. The quantitative estimate of drug-likeness (QED) is 0.452. The van der Waals surface area contributed by atoms with Gasteiger partial charge in [-0.05, 0) is 19.1 Å². The van der Waals surface area contributed by atoms with E-state index in [9.17, 15) is 14.7 Å². The number of nitrogens with zero attached hydrogens (tertiary/aromatic N) is 1. The van der Waals surface area contributed by atoms with Gasteiger partial charge in [0.05, 0.1) is 11.5 Å². The molecule has 1 aromatic carbocycles. The van der Waals surface area contributed by atoms with E-state index in [1.165, 1.54) is 30.9 Å². The molecule has 88 valence electrons. The second-order valence-corrected chi connectivity index (χ2v) is 5.01. The van der Waals surface area contributed by atoms with Gasteiger partial charge in [0, 0.05) is 18.8 Å². The van der Waals surface area contributed by atoms with Gasteiger partial charge < -0.3 is 9.05 Å². The largest absolute Gasteiger partial charge is 0.425 e. The van der Waals surface area contributed by atoms with Crippen molar-refractivity contribution < 1.29 is 18.5 Å². The van der Waals surface area contributed by atoms with E-state index >= 15 is 0 Å². The number of benzene rings is 1. The lowest BCUT2D eigenvalue weighted by molar-refractivity contribution is -0.384. The van der Waals surface area contributed by atoms with E-state index in [0.717, 1.165) is 0 Å². The molecule has 0 aromatic heterocycles. The Labute approximate surface area is 92.9 Å². The molecule has 0 aliphatic carbocycles. The van der Waals surface area contributed by atoms with Crippen LogP contribution in [0, 0.1) is 10.1 Å². The van der Waals surface area contributed by atoms with Gasteiger partial charge in [-0.25, -0.2) is 4.57 Å². The SMILES string of the molecule is CCO[P@](C)(=O)Oc1ccc([N+](=O)[O-])cc1. The summed E-state index contributed by atoms with van der Waals surface area (Å²) in [7, 11) is -3.12.